The third-order valence-corrected chi connectivity index (χ3v) is 5.67. The van der Waals surface area contributed by atoms with Crippen LogP contribution in [0.25, 0.3) is 0 Å². The number of carbonyl (C=O) groups excluding carboxylic acids is 2. The van der Waals surface area contributed by atoms with Crippen molar-refractivity contribution in [3.05, 3.63) is 45.8 Å². The van der Waals surface area contributed by atoms with Gasteiger partial charge in [0.05, 0.1) is 5.56 Å². The SMILES string of the molecule is Cc1ccc(NC(=O)Nc2sc3c(c2C(N)=O)CCN(CC(C)C)C3)cc1. The molecule has 0 saturated heterocycles. The van der Waals surface area contributed by atoms with Crippen molar-refractivity contribution in [1.82, 2.24) is 4.90 Å². The fourth-order valence-electron chi connectivity index (χ4n) is 3.38. The molecule has 0 fully saturated rings. The third kappa shape index (κ3) is 4.67. The van der Waals surface area contributed by atoms with Crippen LogP contribution in [-0.4, -0.2) is 29.9 Å². The molecule has 3 amide bonds. The van der Waals surface area contributed by atoms with Crippen molar-refractivity contribution in [2.45, 2.75) is 33.7 Å². The Morgan fingerprint density at radius 2 is 1.93 bits per heavy atom. The fraction of sp³-hybridized carbons (Fsp3) is 0.400. The molecule has 0 radical (unpaired) electrons. The van der Waals surface area contributed by atoms with Gasteiger partial charge < -0.3 is 11.1 Å². The van der Waals surface area contributed by atoms with E-state index in [0.717, 1.165) is 42.1 Å². The summed E-state index contributed by atoms with van der Waals surface area (Å²) < 4.78 is 0. The van der Waals surface area contributed by atoms with E-state index >= 15 is 0 Å². The van der Waals surface area contributed by atoms with E-state index in [1.165, 1.54) is 11.3 Å². The Kier molecular flexibility index (Phi) is 5.82. The van der Waals surface area contributed by atoms with Crippen molar-refractivity contribution in [3.63, 3.8) is 0 Å². The highest BCUT2D eigenvalue weighted by Crippen LogP contribution is 2.37. The molecule has 1 aromatic heterocycles. The number of hydrogen-bond acceptors (Lipinski definition) is 4. The lowest BCUT2D eigenvalue weighted by Gasteiger charge is -2.28. The Morgan fingerprint density at radius 3 is 2.56 bits per heavy atom. The Bertz CT molecular complexity index is 842. The molecule has 0 unspecified atom stereocenters. The van der Waals surface area contributed by atoms with Crippen LogP contribution < -0.4 is 16.4 Å². The lowest BCUT2D eigenvalue weighted by molar-refractivity contribution is 0.0999. The maximum atomic E-state index is 12.4. The standard InChI is InChI=1S/C20H26N4O2S/c1-12(2)10-24-9-8-15-16(11-24)27-19(17(15)18(21)25)23-20(26)22-14-6-4-13(3)5-7-14/h4-7,12H,8-11H2,1-3H3,(H2,21,25)(H2,22,23,26). The van der Waals surface area contributed by atoms with Gasteiger partial charge in [-0.2, -0.15) is 0 Å². The normalized spacial score (nSPS) is 14.1. The molecule has 1 aliphatic heterocycles. The number of thiophene rings is 1. The summed E-state index contributed by atoms with van der Waals surface area (Å²) in [7, 11) is 0. The maximum absolute atomic E-state index is 12.4. The van der Waals surface area contributed by atoms with E-state index in [1.54, 1.807) is 0 Å². The smallest absolute Gasteiger partial charge is 0.324 e. The second-order valence-electron chi connectivity index (χ2n) is 7.40. The van der Waals surface area contributed by atoms with Crippen LogP contribution in [0.4, 0.5) is 15.5 Å². The van der Waals surface area contributed by atoms with E-state index in [9.17, 15) is 9.59 Å². The number of urea groups is 1. The van der Waals surface area contributed by atoms with Gasteiger partial charge in [0.25, 0.3) is 5.91 Å². The van der Waals surface area contributed by atoms with Gasteiger partial charge in [-0.25, -0.2) is 4.79 Å². The average Bonchev–Trinajstić information content (AvgIpc) is 2.93. The van der Waals surface area contributed by atoms with Crippen LogP contribution in [0.3, 0.4) is 0 Å². The highest BCUT2D eigenvalue weighted by atomic mass is 32.1. The highest BCUT2D eigenvalue weighted by molar-refractivity contribution is 7.17. The molecule has 0 bridgehead atoms. The van der Waals surface area contributed by atoms with Crippen molar-refractivity contribution < 1.29 is 9.59 Å². The molecule has 0 saturated carbocycles. The molecule has 3 rings (SSSR count). The summed E-state index contributed by atoms with van der Waals surface area (Å²) in [6, 6.07) is 7.16. The van der Waals surface area contributed by atoms with Gasteiger partial charge in [0.15, 0.2) is 0 Å². The summed E-state index contributed by atoms with van der Waals surface area (Å²) in [5, 5.41) is 6.14. The van der Waals surface area contributed by atoms with E-state index in [2.05, 4.69) is 29.4 Å². The van der Waals surface area contributed by atoms with Crippen LogP contribution in [0.1, 0.15) is 40.2 Å². The first-order valence-corrected chi connectivity index (χ1v) is 9.96. The highest BCUT2D eigenvalue weighted by Gasteiger charge is 2.27. The van der Waals surface area contributed by atoms with Crippen LogP contribution in [0.2, 0.25) is 0 Å². The number of aryl methyl sites for hydroxylation is 1. The number of fused-ring (bicyclic) bond motifs is 1. The number of hydrogen-bond donors (Lipinski definition) is 3. The van der Waals surface area contributed by atoms with Gasteiger partial charge in [-0.1, -0.05) is 31.5 Å². The zero-order chi connectivity index (χ0) is 19.6. The van der Waals surface area contributed by atoms with Crippen LogP contribution in [-0.2, 0) is 13.0 Å². The zero-order valence-corrected chi connectivity index (χ0v) is 16.8. The van der Waals surface area contributed by atoms with Gasteiger partial charge in [0, 0.05) is 30.2 Å². The molecular weight excluding hydrogens is 360 g/mol. The number of amides is 3. The number of nitrogens with two attached hydrogens (primary N) is 1. The predicted octanol–water partition coefficient (Wildman–Crippen LogP) is 3.81. The van der Waals surface area contributed by atoms with Crippen molar-refractivity contribution in [2.24, 2.45) is 11.7 Å². The van der Waals surface area contributed by atoms with E-state index < -0.39 is 5.91 Å². The summed E-state index contributed by atoms with van der Waals surface area (Å²) in [5.41, 5.74) is 8.88. The van der Waals surface area contributed by atoms with E-state index in [1.807, 2.05) is 31.2 Å². The first-order chi connectivity index (χ1) is 12.8. The first-order valence-electron chi connectivity index (χ1n) is 9.15. The van der Waals surface area contributed by atoms with Gasteiger partial charge in [-0.15, -0.1) is 11.3 Å². The van der Waals surface area contributed by atoms with Gasteiger partial charge in [0.1, 0.15) is 5.00 Å². The van der Waals surface area contributed by atoms with Gasteiger partial charge in [0.2, 0.25) is 0 Å². The predicted molar refractivity (Wildman–Crippen MR) is 110 cm³/mol. The van der Waals surface area contributed by atoms with E-state index in [-0.39, 0.29) is 6.03 Å². The molecule has 1 aromatic carbocycles. The molecular formula is C20H26N4O2S. The summed E-state index contributed by atoms with van der Waals surface area (Å²) in [6.07, 6.45) is 0.776. The third-order valence-electron chi connectivity index (χ3n) is 4.54. The van der Waals surface area contributed by atoms with Gasteiger partial charge >= 0.3 is 6.03 Å². The Morgan fingerprint density at radius 1 is 1.22 bits per heavy atom. The van der Waals surface area contributed by atoms with Crippen molar-refractivity contribution in [3.8, 4) is 0 Å². The number of nitrogens with zero attached hydrogens (tertiary/aromatic N) is 1. The van der Waals surface area contributed by atoms with Gasteiger partial charge in [-0.05, 0) is 37.0 Å². The van der Waals surface area contributed by atoms with Crippen LogP contribution in [0.5, 0.6) is 0 Å². The second kappa shape index (κ2) is 8.10. The fourth-order valence-corrected chi connectivity index (χ4v) is 4.67. The first kappa shape index (κ1) is 19.4. The minimum absolute atomic E-state index is 0.376. The molecule has 4 N–H and O–H groups in total. The number of benzene rings is 1. The molecule has 27 heavy (non-hydrogen) atoms. The van der Waals surface area contributed by atoms with Crippen molar-refractivity contribution in [1.29, 1.82) is 0 Å². The molecule has 0 aliphatic carbocycles. The molecule has 2 heterocycles. The van der Waals surface area contributed by atoms with E-state index in [4.69, 9.17) is 5.73 Å². The Balaban J connectivity index is 1.77. The average molecular weight is 387 g/mol. The van der Waals surface area contributed by atoms with Crippen LogP contribution in [0, 0.1) is 12.8 Å². The molecule has 0 atom stereocenters. The van der Waals surface area contributed by atoms with E-state index in [0.29, 0.717) is 22.2 Å². The van der Waals surface area contributed by atoms with Crippen molar-refractivity contribution >= 4 is 34.0 Å². The number of primary amides is 1. The molecule has 6 nitrogen and oxygen atoms in total. The Hall–Kier alpha value is -2.38. The second-order valence-corrected chi connectivity index (χ2v) is 8.50. The van der Waals surface area contributed by atoms with Crippen LogP contribution >= 0.6 is 11.3 Å². The Labute approximate surface area is 163 Å². The number of carbonyl (C=O) groups is 2. The number of anilines is 2. The monoisotopic (exact) mass is 386 g/mol. The largest absolute Gasteiger partial charge is 0.365 e. The minimum atomic E-state index is -0.490. The molecule has 1 aliphatic rings. The number of rotatable bonds is 5. The molecule has 0 spiro atoms. The summed E-state index contributed by atoms with van der Waals surface area (Å²) in [4.78, 5) is 27.9. The molecule has 7 heteroatoms. The lowest BCUT2D eigenvalue weighted by atomic mass is 10.0. The summed E-state index contributed by atoms with van der Waals surface area (Å²) in [5.74, 6) is 0.0930. The molecule has 2 aromatic rings. The summed E-state index contributed by atoms with van der Waals surface area (Å²) >= 11 is 1.45. The quantitative estimate of drug-likeness (QED) is 0.730. The van der Waals surface area contributed by atoms with Crippen molar-refractivity contribution in [2.75, 3.05) is 23.7 Å². The van der Waals surface area contributed by atoms with Crippen LogP contribution in [0.15, 0.2) is 24.3 Å². The minimum Gasteiger partial charge on any atom is -0.365 e. The number of nitrogens with one attached hydrogen (secondary N) is 2. The topological polar surface area (TPSA) is 87.5 Å². The van der Waals surface area contributed by atoms with Gasteiger partial charge in [-0.3, -0.25) is 15.0 Å². The lowest BCUT2D eigenvalue weighted by Crippen LogP contribution is -2.33. The molecule has 144 valence electrons. The summed E-state index contributed by atoms with van der Waals surface area (Å²) in [6.45, 7) is 9.08. The maximum Gasteiger partial charge on any atom is 0.324 e. The zero-order valence-electron chi connectivity index (χ0n) is 16.0.